The first-order chi connectivity index (χ1) is 8.89. The van der Waals surface area contributed by atoms with Crippen molar-refractivity contribution in [1.29, 1.82) is 0 Å². The first-order valence-corrected chi connectivity index (χ1v) is 7.47. The van der Waals surface area contributed by atoms with Crippen LogP contribution in [0.3, 0.4) is 0 Å². The molecule has 1 nitrogen and oxygen atoms in total. The van der Waals surface area contributed by atoms with E-state index >= 15 is 0 Å². The molecule has 1 aromatic carbocycles. The first kappa shape index (κ1) is 14.2. The van der Waals surface area contributed by atoms with Gasteiger partial charge in [0.15, 0.2) is 0 Å². The number of aryl methyl sites for hydroxylation is 1. The van der Waals surface area contributed by atoms with Crippen LogP contribution >= 0.6 is 0 Å². The average molecular weight is 257 g/mol. The van der Waals surface area contributed by atoms with Crippen LogP contribution < -0.4 is 5.73 Å². The number of hydrogen-bond acceptors (Lipinski definition) is 1. The van der Waals surface area contributed by atoms with Crippen LogP contribution in [0, 0.1) is 11.8 Å². The smallest absolute Gasteiger partial charge is 0.0314 e. The Bertz CT molecular complexity index is 474. The molecule has 0 bridgehead atoms. The van der Waals surface area contributed by atoms with E-state index in [0.29, 0.717) is 22.9 Å². The molecule has 0 saturated heterocycles. The van der Waals surface area contributed by atoms with Crippen LogP contribution in [0.15, 0.2) is 24.8 Å². The van der Waals surface area contributed by atoms with Crippen molar-refractivity contribution in [2.45, 2.75) is 52.4 Å². The molecule has 0 unspecified atom stereocenters. The van der Waals surface area contributed by atoms with E-state index in [1.54, 1.807) is 0 Å². The van der Waals surface area contributed by atoms with E-state index in [1.165, 1.54) is 30.4 Å². The second kappa shape index (κ2) is 5.03. The summed E-state index contributed by atoms with van der Waals surface area (Å²) in [6, 6.07) is 6.69. The van der Waals surface area contributed by atoms with Crippen LogP contribution in [0.4, 0.5) is 0 Å². The summed E-state index contributed by atoms with van der Waals surface area (Å²) in [5, 5.41) is 0. The maximum absolute atomic E-state index is 5.89. The van der Waals surface area contributed by atoms with Gasteiger partial charge in [-0.3, -0.25) is 0 Å². The minimum atomic E-state index is 0.291. The number of rotatable bonds is 3. The molecular weight excluding hydrogens is 230 g/mol. The summed E-state index contributed by atoms with van der Waals surface area (Å²) < 4.78 is 0. The SMILES string of the molecule is C=C(N)c1ccc2c(c1)C(C(C)C)(C(C)C)CCC2. The Kier molecular flexibility index (Phi) is 3.75. The Labute approximate surface area is 117 Å². The quantitative estimate of drug-likeness (QED) is 0.847. The fourth-order valence-electron chi connectivity index (χ4n) is 4.00. The van der Waals surface area contributed by atoms with Gasteiger partial charge in [0.1, 0.15) is 0 Å². The highest BCUT2D eigenvalue weighted by molar-refractivity contribution is 5.62. The zero-order chi connectivity index (χ0) is 14.2. The Morgan fingerprint density at radius 3 is 2.37 bits per heavy atom. The predicted octanol–water partition coefficient (Wildman–Crippen LogP) is 4.50. The van der Waals surface area contributed by atoms with Crippen molar-refractivity contribution in [3.8, 4) is 0 Å². The summed E-state index contributed by atoms with van der Waals surface area (Å²) in [6.45, 7) is 13.3. The largest absolute Gasteiger partial charge is 0.399 e. The van der Waals surface area contributed by atoms with E-state index in [-0.39, 0.29) is 0 Å². The highest BCUT2D eigenvalue weighted by Crippen LogP contribution is 2.48. The Morgan fingerprint density at radius 1 is 1.21 bits per heavy atom. The molecule has 2 N–H and O–H groups in total. The molecule has 1 aromatic rings. The van der Waals surface area contributed by atoms with Crippen molar-refractivity contribution in [3.05, 3.63) is 41.5 Å². The Morgan fingerprint density at radius 2 is 1.84 bits per heavy atom. The lowest BCUT2D eigenvalue weighted by molar-refractivity contribution is 0.186. The summed E-state index contributed by atoms with van der Waals surface area (Å²) in [5.41, 5.74) is 11.0. The summed E-state index contributed by atoms with van der Waals surface area (Å²) in [6.07, 6.45) is 3.79. The van der Waals surface area contributed by atoms with Gasteiger partial charge in [-0.15, -0.1) is 0 Å². The summed E-state index contributed by atoms with van der Waals surface area (Å²) >= 11 is 0. The second-order valence-electron chi connectivity index (χ2n) is 6.60. The fourth-order valence-corrected chi connectivity index (χ4v) is 4.00. The number of benzene rings is 1. The van der Waals surface area contributed by atoms with Gasteiger partial charge in [0, 0.05) is 11.1 Å². The maximum atomic E-state index is 5.89. The van der Waals surface area contributed by atoms with Crippen LogP contribution in [-0.4, -0.2) is 0 Å². The molecule has 0 atom stereocenters. The third-order valence-electron chi connectivity index (χ3n) is 5.08. The van der Waals surface area contributed by atoms with Gasteiger partial charge in [-0.1, -0.05) is 46.4 Å². The van der Waals surface area contributed by atoms with Gasteiger partial charge in [0.2, 0.25) is 0 Å². The van der Waals surface area contributed by atoms with Crippen LogP contribution in [-0.2, 0) is 11.8 Å². The third kappa shape index (κ3) is 2.20. The van der Waals surface area contributed by atoms with Crippen LogP contribution in [0.1, 0.15) is 57.2 Å². The van der Waals surface area contributed by atoms with E-state index in [2.05, 4.69) is 52.5 Å². The van der Waals surface area contributed by atoms with Gasteiger partial charge in [0.05, 0.1) is 0 Å². The van der Waals surface area contributed by atoms with Gasteiger partial charge in [-0.25, -0.2) is 0 Å². The molecule has 1 aliphatic rings. The number of nitrogens with two attached hydrogens (primary N) is 1. The van der Waals surface area contributed by atoms with Gasteiger partial charge < -0.3 is 5.73 Å². The van der Waals surface area contributed by atoms with Crippen LogP contribution in [0.2, 0.25) is 0 Å². The van der Waals surface area contributed by atoms with E-state index in [0.717, 1.165) is 5.56 Å². The molecule has 0 saturated carbocycles. The second-order valence-corrected chi connectivity index (χ2v) is 6.60. The van der Waals surface area contributed by atoms with Gasteiger partial charge >= 0.3 is 0 Å². The minimum Gasteiger partial charge on any atom is -0.399 e. The standard InChI is InChI=1S/C18H27N/c1-12(2)18(13(3)4)10-6-7-15-8-9-16(14(5)19)11-17(15)18/h8-9,11-13H,5-7,10,19H2,1-4H3. The summed E-state index contributed by atoms with van der Waals surface area (Å²) in [5.74, 6) is 1.29. The Hall–Kier alpha value is -1.24. The lowest BCUT2D eigenvalue weighted by Gasteiger charge is -2.46. The predicted molar refractivity (Wildman–Crippen MR) is 84.0 cm³/mol. The fraction of sp³-hybridized carbons (Fsp3) is 0.556. The molecule has 0 fully saturated rings. The highest BCUT2D eigenvalue weighted by Gasteiger charge is 2.41. The van der Waals surface area contributed by atoms with E-state index in [9.17, 15) is 0 Å². The van der Waals surface area contributed by atoms with Crippen molar-refractivity contribution in [2.75, 3.05) is 0 Å². The molecular formula is C18H27N. The molecule has 0 aromatic heterocycles. The van der Waals surface area contributed by atoms with Crippen LogP contribution in [0.25, 0.3) is 5.70 Å². The molecule has 0 aliphatic heterocycles. The molecule has 0 heterocycles. The minimum absolute atomic E-state index is 0.291. The first-order valence-electron chi connectivity index (χ1n) is 7.47. The van der Waals surface area contributed by atoms with Crippen molar-refractivity contribution in [3.63, 3.8) is 0 Å². The van der Waals surface area contributed by atoms with Crippen molar-refractivity contribution in [2.24, 2.45) is 17.6 Å². The molecule has 2 rings (SSSR count). The van der Waals surface area contributed by atoms with E-state index in [4.69, 9.17) is 5.73 Å². The highest BCUT2D eigenvalue weighted by atomic mass is 14.6. The molecule has 104 valence electrons. The zero-order valence-corrected chi connectivity index (χ0v) is 12.8. The molecule has 1 aliphatic carbocycles. The third-order valence-corrected chi connectivity index (χ3v) is 5.08. The van der Waals surface area contributed by atoms with E-state index in [1.807, 2.05) is 0 Å². The average Bonchev–Trinajstić information content (AvgIpc) is 2.36. The van der Waals surface area contributed by atoms with Gasteiger partial charge in [0.25, 0.3) is 0 Å². The van der Waals surface area contributed by atoms with E-state index < -0.39 is 0 Å². The maximum Gasteiger partial charge on any atom is 0.0314 e. The molecule has 0 radical (unpaired) electrons. The topological polar surface area (TPSA) is 26.0 Å². The zero-order valence-electron chi connectivity index (χ0n) is 12.8. The van der Waals surface area contributed by atoms with Crippen molar-refractivity contribution < 1.29 is 0 Å². The van der Waals surface area contributed by atoms with Gasteiger partial charge in [-0.2, -0.15) is 0 Å². The van der Waals surface area contributed by atoms with Crippen molar-refractivity contribution >= 4 is 5.70 Å². The molecule has 0 spiro atoms. The molecule has 19 heavy (non-hydrogen) atoms. The Balaban J connectivity index is 2.64. The van der Waals surface area contributed by atoms with Gasteiger partial charge in [-0.05, 0) is 53.9 Å². The normalized spacial score (nSPS) is 17.6. The number of fused-ring (bicyclic) bond motifs is 1. The lowest BCUT2D eigenvalue weighted by Crippen LogP contribution is -2.41. The number of hydrogen-bond donors (Lipinski definition) is 1. The van der Waals surface area contributed by atoms with Crippen molar-refractivity contribution in [1.82, 2.24) is 0 Å². The summed E-state index contributed by atoms with van der Waals surface area (Å²) in [4.78, 5) is 0. The molecule has 1 heteroatoms. The lowest BCUT2D eigenvalue weighted by atomic mass is 9.58. The molecule has 0 amide bonds. The van der Waals surface area contributed by atoms with Crippen LogP contribution in [0.5, 0.6) is 0 Å². The summed E-state index contributed by atoms with van der Waals surface area (Å²) in [7, 11) is 0. The monoisotopic (exact) mass is 257 g/mol.